The molecule has 1 N–H and O–H groups in total. The highest BCUT2D eigenvalue weighted by Crippen LogP contribution is 2.43. The van der Waals surface area contributed by atoms with Crippen LogP contribution in [-0.2, 0) is 11.3 Å². The number of hydrogen-bond donors (Lipinski definition) is 1. The molecule has 0 spiro atoms. The minimum Gasteiger partial charge on any atom is -0.383 e. The number of anilines is 1. The van der Waals surface area contributed by atoms with Crippen LogP contribution in [0, 0.1) is 19.7 Å². The molecule has 1 saturated heterocycles. The molecule has 1 aliphatic heterocycles. The van der Waals surface area contributed by atoms with Crippen LogP contribution in [0.2, 0.25) is 0 Å². The van der Waals surface area contributed by atoms with Crippen LogP contribution in [0.4, 0.5) is 10.1 Å². The molecule has 0 amide bonds. The molecule has 2 atom stereocenters. The number of benzene rings is 1. The number of thiocarbonyl (C=S) groups is 1. The van der Waals surface area contributed by atoms with Crippen LogP contribution < -0.4 is 10.2 Å². The molecule has 1 aliphatic rings. The van der Waals surface area contributed by atoms with Crippen molar-refractivity contribution in [3.63, 3.8) is 0 Å². The van der Waals surface area contributed by atoms with Gasteiger partial charge in [0.25, 0.3) is 0 Å². The Morgan fingerprint density at radius 3 is 2.63 bits per heavy atom. The van der Waals surface area contributed by atoms with Gasteiger partial charge in [0.2, 0.25) is 0 Å². The average molecular weight is 425 g/mol. The summed E-state index contributed by atoms with van der Waals surface area (Å²) in [6, 6.07) is 14.3. The molecule has 0 bridgehead atoms. The van der Waals surface area contributed by atoms with E-state index in [9.17, 15) is 4.39 Å². The number of pyridine rings is 1. The Kier molecular flexibility index (Phi) is 5.83. The standard InChI is InChI=1S/C23H25FN4OS/c1-15-14-17(16(2)27(15)12-13-29-3)22-21(19-9-6-7-11-25-19)26-23(30)28(22)20-10-5-4-8-18(20)24/h4-11,14,21-22H,12-13H2,1-3H3,(H,26,30). The van der Waals surface area contributed by atoms with Gasteiger partial charge >= 0.3 is 0 Å². The van der Waals surface area contributed by atoms with Gasteiger partial charge < -0.3 is 19.5 Å². The molecule has 0 aliphatic carbocycles. The largest absolute Gasteiger partial charge is 0.383 e. The Morgan fingerprint density at radius 1 is 1.17 bits per heavy atom. The quantitative estimate of drug-likeness (QED) is 0.592. The van der Waals surface area contributed by atoms with Crippen LogP contribution in [0.5, 0.6) is 0 Å². The summed E-state index contributed by atoms with van der Waals surface area (Å²) in [5.41, 5.74) is 4.66. The van der Waals surface area contributed by atoms with E-state index in [4.69, 9.17) is 17.0 Å². The van der Waals surface area contributed by atoms with Crippen molar-refractivity contribution < 1.29 is 9.13 Å². The lowest BCUT2D eigenvalue weighted by Crippen LogP contribution is -2.30. The van der Waals surface area contributed by atoms with Crippen molar-refractivity contribution >= 4 is 23.0 Å². The molecule has 0 saturated carbocycles. The highest BCUT2D eigenvalue weighted by molar-refractivity contribution is 7.80. The minimum atomic E-state index is -0.304. The number of methoxy groups -OCH3 is 1. The third-order valence-electron chi connectivity index (χ3n) is 5.66. The van der Waals surface area contributed by atoms with Gasteiger partial charge in [0.15, 0.2) is 5.11 Å². The number of rotatable bonds is 6. The van der Waals surface area contributed by atoms with Crippen LogP contribution in [0.3, 0.4) is 0 Å². The van der Waals surface area contributed by atoms with Crippen molar-refractivity contribution in [1.29, 1.82) is 0 Å². The highest BCUT2D eigenvalue weighted by Gasteiger charge is 2.42. The van der Waals surface area contributed by atoms with E-state index in [2.05, 4.69) is 34.8 Å². The lowest BCUT2D eigenvalue weighted by atomic mass is 9.96. The van der Waals surface area contributed by atoms with Crippen LogP contribution in [0.15, 0.2) is 54.7 Å². The van der Waals surface area contributed by atoms with Gasteiger partial charge in [-0.15, -0.1) is 0 Å². The van der Waals surface area contributed by atoms with Gasteiger partial charge in [0, 0.05) is 31.2 Å². The molecule has 30 heavy (non-hydrogen) atoms. The molecular weight excluding hydrogens is 399 g/mol. The number of para-hydroxylation sites is 1. The van der Waals surface area contributed by atoms with Gasteiger partial charge in [-0.05, 0) is 62.0 Å². The first-order chi connectivity index (χ1) is 14.5. The lowest BCUT2D eigenvalue weighted by Gasteiger charge is -2.28. The van der Waals surface area contributed by atoms with Crippen molar-refractivity contribution in [1.82, 2.24) is 14.9 Å². The fourth-order valence-electron chi connectivity index (χ4n) is 4.23. The third kappa shape index (κ3) is 3.59. The number of aryl methyl sites for hydroxylation is 1. The molecular formula is C23H25FN4OS. The highest BCUT2D eigenvalue weighted by atomic mass is 32.1. The summed E-state index contributed by atoms with van der Waals surface area (Å²) >= 11 is 5.68. The second-order valence-corrected chi connectivity index (χ2v) is 7.81. The summed E-state index contributed by atoms with van der Waals surface area (Å²) in [4.78, 5) is 6.44. The molecule has 2 aromatic heterocycles. The molecule has 5 nitrogen and oxygen atoms in total. The summed E-state index contributed by atoms with van der Waals surface area (Å²) < 4.78 is 22.3. The zero-order valence-electron chi connectivity index (χ0n) is 17.3. The number of ether oxygens (including phenoxy) is 1. The normalized spacial score (nSPS) is 18.7. The molecule has 156 valence electrons. The summed E-state index contributed by atoms with van der Waals surface area (Å²) in [5, 5.41) is 3.88. The Hall–Kier alpha value is -2.77. The first-order valence-electron chi connectivity index (χ1n) is 9.93. The van der Waals surface area contributed by atoms with Gasteiger partial charge in [0.05, 0.1) is 30.1 Å². The van der Waals surface area contributed by atoms with Crippen LogP contribution in [-0.4, -0.2) is 28.4 Å². The maximum atomic E-state index is 14.8. The van der Waals surface area contributed by atoms with Crippen molar-refractivity contribution in [2.75, 3.05) is 18.6 Å². The molecule has 1 aromatic carbocycles. The molecule has 0 radical (unpaired) electrons. The van der Waals surface area contributed by atoms with E-state index in [1.54, 1.807) is 25.4 Å². The number of hydrogen-bond acceptors (Lipinski definition) is 3. The van der Waals surface area contributed by atoms with Crippen LogP contribution in [0.1, 0.15) is 34.7 Å². The molecule has 1 fully saturated rings. The summed E-state index contributed by atoms with van der Waals surface area (Å²) in [5.74, 6) is -0.304. The Bertz CT molecular complexity index is 1050. The fourth-order valence-corrected chi connectivity index (χ4v) is 4.57. The molecule has 3 heterocycles. The summed E-state index contributed by atoms with van der Waals surface area (Å²) in [7, 11) is 1.70. The fraction of sp³-hybridized carbons (Fsp3) is 0.304. The maximum absolute atomic E-state index is 14.8. The van der Waals surface area contributed by atoms with Crippen LogP contribution >= 0.6 is 12.2 Å². The number of nitrogens with zero attached hydrogens (tertiary/aromatic N) is 3. The molecule has 7 heteroatoms. The van der Waals surface area contributed by atoms with Crippen molar-refractivity contribution in [2.45, 2.75) is 32.5 Å². The maximum Gasteiger partial charge on any atom is 0.174 e. The average Bonchev–Trinajstić information content (AvgIpc) is 3.23. The van der Waals surface area contributed by atoms with E-state index in [0.717, 1.165) is 29.2 Å². The predicted molar refractivity (Wildman–Crippen MR) is 120 cm³/mol. The lowest BCUT2D eigenvalue weighted by molar-refractivity contribution is 0.186. The first-order valence-corrected chi connectivity index (χ1v) is 10.3. The Balaban J connectivity index is 1.86. The van der Waals surface area contributed by atoms with Gasteiger partial charge in [-0.2, -0.15) is 0 Å². The number of nitrogens with one attached hydrogen (secondary N) is 1. The molecule has 2 unspecified atom stereocenters. The summed E-state index contributed by atoms with van der Waals surface area (Å²) in [6.07, 6.45) is 1.77. The first kappa shape index (κ1) is 20.5. The van der Waals surface area contributed by atoms with E-state index in [-0.39, 0.29) is 17.9 Å². The smallest absolute Gasteiger partial charge is 0.174 e. The van der Waals surface area contributed by atoms with E-state index in [1.165, 1.54) is 6.07 Å². The van der Waals surface area contributed by atoms with E-state index < -0.39 is 0 Å². The second kappa shape index (κ2) is 8.53. The summed E-state index contributed by atoms with van der Waals surface area (Å²) in [6.45, 7) is 5.55. The monoisotopic (exact) mass is 424 g/mol. The van der Waals surface area contributed by atoms with Gasteiger partial charge in [-0.1, -0.05) is 18.2 Å². The van der Waals surface area contributed by atoms with Crippen molar-refractivity contribution in [3.05, 3.63) is 83.2 Å². The predicted octanol–water partition coefficient (Wildman–Crippen LogP) is 4.46. The number of halogens is 1. The topological polar surface area (TPSA) is 42.3 Å². The van der Waals surface area contributed by atoms with Gasteiger partial charge in [-0.3, -0.25) is 4.98 Å². The molecule has 3 aromatic rings. The van der Waals surface area contributed by atoms with E-state index >= 15 is 0 Å². The Labute approximate surface area is 181 Å². The van der Waals surface area contributed by atoms with Crippen LogP contribution in [0.25, 0.3) is 0 Å². The minimum absolute atomic E-state index is 0.199. The Morgan fingerprint density at radius 2 is 1.93 bits per heavy atom. The van der Waals surface area contributed by atoms with E-state index in [0.29, 0.717) is 17.4 Å². The third-order valence-corrected chi connectivity index (χ3v) is 5.98. The second-order valence-electron chi connectivity index (χ2n) is 7.42. The molecule has 4 rings (SSSR count). The van der Waals surface area contributed by atoms with Gasteiger partial charge in [0.1, 0.15) is 5.82 Å². The van der Waals surface area contributed by atoms with E-state index in [1.807, 2.05) is 29.2 Å². The van der Waals surface area contributed by atoms with Crippen molar-refractivity contribution in [3.8, 4) is 0 Å². The SMILES string of the molecule is COCCn1c(C)cc(C2C(c3ccccn3)NC(=S)N2c2ccccc2F)c1C. The van der Waals surface area contributed by atoms with Crippen molar-refractivity contribution in [2.24, 2.45) is 0 Å². The number of aromatic nitrogens is 2. The zero-order valence-corrected chi connectivity index (χ0v) is 18.1. The zero-order chi connectivity index (χ0) is 21.3. The van der Waals surface area contributed by atoms with Gasteiger partial charge in [-0.25, -0.2) is 4.39 Å².